The first-order valence-corrected chi connectivity index (χ1v) is 6.18. The maximum Gasteiger partial charge on any atom is 0.179 e. The van der Waals surface area contributed by atoms with Gasteiger partial charge in [-0.25, -0.2) is 4.39 Å². The van der Waals surface area contributed by atoms with Crippen LogP contribution in [0.4, 0.5) is 4.39 Å². The number of hydrogen-bond donors (Lipinski definition) is 1. The van der Waals surface area contributed by atoms with Crippen LogP contribution in [0.2, 0.25) is 0 Å². The number of benzene rings is 2. The van der Waals surface area contributed by atoms with Gasteiger partial charge in [-0.2, -0.15) is 0 Å². The Hall–Kier alpha value is -2.00. The summed E-state index contributed by atoms with van der Waals surface area (Å²) in [7, 11) is 0. The van der Waals surface area contributed by atoms with E-state index in [0.29, 0.717) is 17.5 Å². The monoisotopic (exact) mass is 257 g/mol. The van der Waals surface area contributed by atoms with E-state index in [0.717, 1.165) is 5.56 Å². The van der Waals surface area contributed by atoms with Crippen molar-refractivity contribution in [3.8, 4) is 0 Å². The Bertz CT molecular complexity index is 581. The first kappa shape index (κ1) is 13.4. The lowest BCUT2D eigenvalue weighted by molar-refractivity contribution is 0.0960. The van der Waals surface area contributed by atoms with Crippen molar-refractivity contribution < 1.29 is 9.18 Å². The maximum absolute atomic E-state index is 13.4. The summed E-state index contributed by atoms with van der Waals surface area (Å²) in [5, 5.41) is 0. The number of hydrogen-bond acceptors (Lipinski definition) is 2. The van der Waals surface area contributed by atoms with Crippen LogP contribution in [0.3, 0.4) is 0 Å². The van der Waals surface area contributed by atoms with Gasteiger partial charge in [-0.15, -0.1) is 0 Å². The van der Waals surface area contributed by atoms with Crippen LogP contribution in [0.5, 0.6) is 0 Å². The summed E-state index contributed by atoms with van der Waals surface area (Å²) in [4.78, 5) is 12.1. The van der Waals surface area contributed by atoms with Gasteiger partial charge in [-0.1, -0.05) is 42.5 Å². The van der Waals surface area contributed by atoms with E-state index in [2.05, 4.69) is 0 Å². The molecule has 19 heavy (non-hydrogen) atoms. The number of carbonyl (C=O) groups excluding carboxylic acids is 1. The fraction of sp³-hybridized carbons (Fsp3) is 0.188. The van der Waals surface area contributed by atoms with Crippen LogP contribution in [0, 0.1) is 12.7 Å². The standard InChI is InChI=1S/C16H16FNO/c1-11-7-8-13(10-14(11)17)16(19)15(18)9-12-5-3-2-4-6-12/h2-8,10,15H,9,18H2,1H3. The number of rotatable bonds is 4. The Morgan fingerprint density at radius 3 is 2.53 bits per heavy atom. The van der Waals surface area contributed by atoms with Crippen molar-refractivity contribution >= 4 is 5.78 Å². The van der Waals surface area contributed by atoms with E-state index in [1.807, 2.05) is 30.3 Å². The average Bonchev–Trinajstić information content (AvgIpc) is 2.42. The number of Topliss-reactive ketones (excluding diaryl/α,β-unsaturated/α-hetero) is 1. The zero-order chi connectivity index (χ0) is 13.8. The van der Waals surface area contributed by atoms with Gasteiger partial charge < -0.3 is 5.73 Å². The summed E-state index contributed by atoms with van der Waals surface area (Å²) < 4.78 is 13.4. The van der Waals surface area contributed by atoms with E-state index in [9.17, 15) is 9.18 Å². The average molecular weight is 257 g/mol. The van der Waals surface area contributed by atoms with Crippen LogP contribution in [-0.4, -0.2) is 11.8 Å². The van der Waals surface area contributed by atoms with E-state index in [1.165, 1.54) is 6.07 Å². The smallest absolute Gasteiger partial charge is 0.179 e. The van der Waals surface area contributed by atoms with Crippen molar-refractivity contribution in [2.75, 3.05) is 0 Å². The number of carbonyl (C=O) groups is 1. The molecule has 0 aromatic heterocycles. The molecule has 3 heteroatoms. The molecule has 98 valence electrons. The molecule has 0 heterocycles. The molecule has 0 saturated heterocycles. The molecule has 2 aromatic rings. The van der Waals surface area contributed by atoms with Gasteiger partial charge in [-0.3, -0.25) is 4.79 Å². The summed E-state index contributed by atoms with van der Waals surface area (Å²) in [5.41, 5.74) is 7.74. The lowest BCUT2D eigenvalue weighted by Crippen LogP contribution is -2.32. The molecular weight excluding hydrogens is 241 g/mol. The molecule has 0 bridgehead atoms. The van der Waals surface area contributed by atoms with Crippen molar-refractivity contribution in [2.24, 2.45) is 5.73 Å². The fourth-order valence-corrected chi connectivity index (χ4v) is 1.92. The summed E-state index contributed by atoms with van der Waals surface area (Å²) in [5.74, 6) is -0.611. The zero-order valence-corrected chi connectivity index (χ0v) is 10.8. The van der Waals surface area contributed by atoms with Crippen LogP contribution in [-0.2, 0) is 6.42 Å². The normalized spacial score (nSPS) is 12.2. The largest absolute Gasteiger partial charge is 0.321 e. The molecule has 0 saturated carbocycles. The highest BCUT2D eigenvalue weighted by atomic mass is 19.1. The molecular formula is C16H16FNO. The van der Waals surface area contributed by atoms with Crippen molar-refractivity contribution in [1.82, 2.24) is 0 Å². The molecule has 0 fully saturated rings. The Morgan fingerprint density at radius 2 is 1.89 bits per heavy atom. The molecule has 0 aliphatic rings. The molecule has 1 atom stereocenters. The number of halogens is 1. The minimum absolute atomic E-state index is 0.234. The van der Waals surface area contributed by atoms with E-state index in [-0.39, 0.29) is 11.6 Å². The summed E-state index contributed by atoms with van der Waals surface area (Å²) >= 11 is 0. The van der Waals surface area contributed by atoms with Crippen LogP contribution in [0.1, 0.15) is 21.5 Å². The van der Waals surface area contributed by atoms with Gasteiger partial charge in [0.25, 0.3) is 0 Å². The van der Waals surface area contributed by atoms with E-state index in [1.54, 1.807) is 19.1 Å². The third-order valence-corrected chi connectivity index (χ3v) is 3.09. The predicted octanol–water partition coefficient (Wildman–Crippen LogP) is 2.89. The molecule has 2 aromatic carbocycles. The highest BCUT2D eigenvalue weighted by molar-refractivity contribution is 6.00. The number of ketones is 1. The van der Waals surface area contributed by atoms with E-state index >= 15 is 0 Å². The van der Waals surface area contributed by atoms with Gasteiger partial charge in [-0.05, 0) is 30.5 Å². The van der Waals surface area contributed by atoms with Crippen molar-refractivity contribution in [3.05, 3.63) is 71.0 Å². The third-order valence-electron chi connectivity index (χ3n) is 3.09. The van der Waals surface area contributed by atoms with Gasteiger partial charge in [0.2, 0.25) is 0 Å². The summed E-state index contributed by atoms with van der Waals surface area (Å²) in [6.07, 6.45) is 0.454. The topological polar surface area (TPSA) is 43.1 Å². The molecule has 0 amide bonds. The second-order valence-corrected chi connectivity index (χ2v) is 4.62. The van der Waals surface area contributed by atoms with Crippen molar-refractivity contribution in [1.29, 1.82) is 0 Å². The third kappa shape index (κ3) is 3.26. The molecule has 0 aliphatic heterocycles. The highest BCUT2D eigenvalue weighted by Gasteiger charge is 2.17. The lowest BCUT2D eigenvalue weighted by atomic mass is 9.98. The van der Waals surface area contributed by atoms with E-state index < -0.39 is 6.04 Å². The second kappa shape index (κ2) is 5.76. The van der Waals surface area contributed by atoms with E-state index in [4.69, 9.17) is 5.73 Å². The minimum atomic E-state index is -0.649. The van der Waals surface area contributed by atoms with Gasteiger partial charge in [0.05, 0.1) is 6.04 Å². The van der Waals surface area contributed by atoms with Crippen LogP contribution in [0.15, 0.2) is 48.5 Å². The quantitative estimate of drug-likeness (QED) is 0.856. The van der Waals surface area contributed by atoms with Crippen molar-refractivity contribution in [2.45, 2.75) is 19.4 Å². The number of nitrogens with two attached hydrogens (primary N) is 1. The predicted molar refractivity (Wildman–Crippen MR) is 73.6 cm³/mol. The van der Waals surface area contributed by atoms with Gasteiger partial charge >= 0.3 is 0 Å². The van der Waals surface area contributed by atoms with Crippen LogP contribution in [0.25, 0.3) is 0 Å². The number of aryl methyl sites for hydroxylation is 1. The van der Waals surface area contributed by atoms with Gasteiger partial charge in [0.15, 0.2) is 5.78 Å². The Labute approximate surface area is 112 Å². The lowest BCUT2D eigenvalue weighted by Gasteiger charge is -2.11. The van der Waals surface area contributed by atoms with Crippen LogP contribution < -0.4 is 5.73 Å². The highest BCUT2D eigenvalue weighted by Crippen LogP contribution is 2.12. The fourth-order valence-electron chi connectivity index (χ4n) is 1.92. The minimum Gasteiger partial charge on any atom is -0.321 e. The SMILES string of the molecule is Cc1ccc(C(=O)C(N)Cc2ccccc2)cc1F. The summed E-state index contributed by atoms with van der Waals surface area (Å²) in [6, 6.07) is 13.4. The van der Waals surface area contributed by atoms with Crippen LogP contribution >= 0.6 is 0 Å². The van der Waals surface area contributed by atoms with Gasteiger partial charge in [0, 0.05) is 5.56 Å². The zero-order valence-electron chi connectivity index (χ0n) is 10.8. The molecule has 0 spiro atoms. The molecule has 1 unspecified atom stereocenters. The second-order valence-electron chi connectivity index (χ2n) is 4.62. The molecule has 2 nitrogen and oxygen atoms in total. The van der Waals surface area contributed by atoms with Crippen molar-refractivity contribution in [3.63, 3.8) is 0 Å². The molecule has 0 radical (unpaired) electrons. The van der Waals surface area contributed by atoms with Gasteiger partial charge in [0.1, 0.15) is 5.82 Å². The first-order chi connectivity index (χ1) is 9.08. The molecule has 2 N–H and O–H groups in total. The first-order valence-electron chi connectivity index (χ1n) is 6.18. The Kier molecular flexibility index (Phi) is 4.07. The summed E-state index contributed by atoms with van der Waals surface area (Å²) in [6.45, 7) is 1.66. The maximum atomic E-state index is 13.4. The Morgan fingerprint density at radius 1 is 1.21 bits per heavy atom. The Balaban J connectivity index is 2.12. The molecule has 2 rings (SSSR count). The molecule has 0 aliphatic carbocycles.